The highest BCUT2D eigenvalue weighted by Crippen LogP contribution is 2.51. The molecule has 3 aromatic rings. The maximum atomic E-state index is 14.8. The van der Waals surface area contributed by atoms with E-state index in [1.165, 1.54) is 6.07 Å². The first-order chi connectivity index (χ1) is 15.0. The number of amides is 1. The Morgan fingerprint density at radius 1 is 1.13 bits per heavy atom. The van der Waals surface area contributed by atoms with E-state index in [9.17, 15) is 9.18 Å². The minimum atomic E-state index is -0.669. The zero-order chi connectivity index (χ0) is 21.6. The second-order valence-electron chi connectivity index (χ2n) is 8.16. The fourth-order valence-corrected chi connectivity index (χ4v) is 4.15. The second kappa shape index (κ2) is 7.39. The Morgan fingerprint density at radius 3 is 2.71 bits per heavy atom. The van der Waals surface area contributed by atoms with E-state index in [1.54, 1.807) is 6.07 Å². The van der Waals surface area contributed by atoms with Gasteiger partial charge in [0.25, 0.3) is 0 Å². The normalized spacial score (nSPS) is 15.6. The first kappa shape index (κ1) is 19.6. The van der Waals surface area contributed by atoms with E-state index in [0.717, 1.165) is 27.8 Å². The summed E-state index contributed by atoms with van der Waals surface area (Å²) in [5.74, 6) is 0.649. The van der Waals surface area contributed by atoms with Crippen LogP contribution in [0.4, 0.5) is 10.1 Å². The number of carbonyl (C=O) groups excluding carboxylic acids is 1. The van der Waals surface area contributed by atoms with Gasteiger partial charge in [-0.3, -0.25) is 4.79 Å². The number of ether oxygens (including phenoxy) is 2. The molecule has 1 aliphatic heterocycles. The van der Waals surface area contributed by atoms with Crippen molar-refractivity contribution in [3.8, 4) is 22.6 Å². The van der Waals surface area contributed by atoms with Gasteiger partial charge in [-0.2, -0.15) is 0 Å². The van der Waals surface area contributed by atoms with E-state index < -0.39 is 11.2 Å². The summed E-state index contributed by atoms with van der Waals surface area (Å²) >= 11 is 0. The zero-order valence-electron chi connectivity index (χ0n) is 17.2. The highest BCUT2D eigenvalue weighted by molar-refractivity contribution is 6.02. The van der Waals surface area contributed by atoms with Gasteiger partial charge in [0.05, 0.1) is 11.1 Å². The number of carbonyl (C=O) groups is 1. The van der Waals surface area contributed by atoms with Gasteiger partial charge in [0, 0.05) is 7.97 Å². The monoisotopic (exact) mass is 420 g/mol. The zero-order valence-corrected chi connectivity index (χ0v) is 17.2. The van der Waals surface area contributed by atoms with Crippen molar-refractivity contribution < 1.29 is 20.1 Å². The first-order valence-electron chi connectivity index (χ1n) is 10.3. The average molecular weight is 420 g/mol. The average Bonchev–Trinajstić information content (AvgIpc) is 3.46. The molecule has 1 amide bonds. The lowest BCUT2D eigenvalue weighted by atomic mass is 9.94. The standard InChI is InChI=1S/C25H23FN2O3.H2/c1-15-9-20(26)21(12-19(15)17-4-2-3-16(10-17)13-27)28-24(29)25(7-8-25)18-5-6-22-23(11-18)31-14-30-22;/h2-6,9-12H,7-8,13-14,27H2,1H3,(H,28,29);1H. The van der Waals surface area contributed by atoms with Gasteiger partial charge in [0.1, 0.15) is 5.82 Å². The predicted octanol–water partition coefficient (Wildman–Crippen LogP) is 4.90. The Labute approximate surface area is 181 Å². The maximum absolute atomic E-state index is 14.8. The third kappa shape index (κ3) is 3.43. The number of halogens is 1. The minimum Gasteiger partial charge on any atom is -0.454 e. The Balaban J connectivity index is 0.00000245. The van der Waals surface area contributed by atoms with Gasteiger partial charge in [-0.1, -0.05) is 24.3 Å². The summed E-state index contributed by atoms with van der Waals surface area (Å²) in [6.07, 6.45) is 1.41. The highest BCUT2D eigenvalue weighted by Gasteiger charge is 2.51. The number of aryl methyl sites for hydroxylation is 1. The Bertz CT molecular complexity index is 1190. The van der Waals surface area contributed by atoms with Crippen LogP contribution in [0.15, 0.2) is 54.6 Å². The fourth-order valence-electron chi connectivity index (χ4n) is 4.15. The maximum Gasteiger partial charge on any atom is 0.235 e. The number of hydrogen-bond acceptors (Lipinski definition) is 4. The van der Waals surface area contributed by atoms with Crippen molar-refractivity contribution in [1.29, 1.82) is 0 Å². The largest absolute Gasteiger partial charge is 0.454 e. The van der Waals surface area contributed by atoms with E-state index >= 15 is 0 Å². The second-order valence-corrected chi connectivity index (χ2v) is 8.16. The number of nitrogens with one attached hydrogen (secondary N) is 1. The molecule has 1 aliphatic carbocycles. The molecule has 0 unspecified atom stereocenters. The Kier molecular flexibility index (Phi) is 4.67. The van der Waals surface area contributed by atoms with Crippen LogP contribution < -0.4 is 20.5 Å². The van der Waals surface area contributed by atoms with Crippen LogP contribution in [0, 0.1) is 12.7 Å². The number of hydrogen-bond donors (Lipinski definition) is 2. The molecule has 0 aromatic heterocycles. The number of fused-ring (bicyclic) bond motifs is 1. The lowest BCUT2D eigenvalue weighted by Gasteiger charge is -2.18. The van der Waals surface area contributed by atoms with Gasteiger partial charge < -0.3 is 20.5 Å². The van der Waals surface area contributed by atoms with Crippen LogP contribution >= 0.6 is 0 Å². The minimum absolute atomic E-state index is 0. The van der Waals surface area contributed by atoms with Crippen LogP contribution in [0.25, 0.3) is 11.1 Å². The van der Waals surface area contributed by atoms with E-state index in [4.69, 9.17) is 15.2 Å². The summed E-state index contributed by atoms with van der Waals surface area (Å²) in [6, 6.07) is 16.5. The molecule has 0 spiro atoms. The first-order valence-corrected chi connectivity index (χ1v) is 10.3. The van der Waals surface area contributed by atoms with Crippen LogP contribution in [-0.2, 0) is 16.8 Å². The van der Waals surface area contributed by atoms with Crippen molar-refractivity contribution in [3.05, 3.63) is 77.1 Å². The molecule has 0 radical (unpaired) electrons. The van der Waals surface area contributed by atoms with Crippen LogP contribution in [0.2, 0.25) is 0 Å². The molecule has 31 heavy (non-hydrogen) atoms. The molecule has 6 heteroatoms. The molecule has 2 aliphatic rings. The summed E-state index contributed by atoms with van der Waals surface area (Å²) < 4.78 is 25.6. The number of anilines is 1. The molecule has 1 saturated carbocycles. The van der Waals surface area contributed by atoms with E-state index in [0.29, 0.717) is 30.9 Å². The summed E-state index contributed by atoms with van der Waals surface area (Å²) in [4.78, 5) is 13.2. The molecule has 0 atom stereocenters. The molecule has 0 bridgehead atoms. The third-order valence-electron chi connectivity index (χ3n) is 6.15. The summed E-state index contributed by atoms with van der Waals surface area (Å²) in [5.41, 5.74) is 9.72. The van der Waals surface area contributed by atoms with Crippen molar-refractivity contribution in [2.75, 3.05) is 12.1 Å². The quantitative estimate of drug-likeness (QED) is 0.615. The molecular formula is C25H25FN2O3. The summed E-state index contributed by atoms with van der Waals surface area (Å²) in [7, 11) is 0. The molecule has 1 heterocycles. The van der Waals surface area contributed by atoms with Crippen LogP contribution in [-0.4, -0.2) is 12.7 Å². The van der Waals surface area contributed by atoms with Gasteiger partial charge in [0.15, 0.2) is 11.5 Å². The molecular weight excluding hydrogens is 395 g/mol. The Morgan fingerprint density at radius 2 is 1.94 bits per heavy atom. The SMILES string of the molecule is Cc1cc(F)c(NC(=O)C2(c3ccc4c(c3)OCO4)CC2)cc1-c1cccc(CN)c1.[HH]. The van der Waals surface area contributed by atoms with Gasteiger partial charge in [-0.05, 0) is 77.9 Å². The third-order valence-corrected chi connectivity index (χ3v) is 6.15. The smallest absolute Gasteiger partial charge is 0.235 e. The van der Waals surface area contributed by atoms with Crippen molar-refractivity contribution in [2.24, 2.45) is 5.73 Å². The van der Waals surface area contributed by atoms with Gasteiger partial charge >= 0.3 is 0 Å². The number of rotatable bonds is 5. The molecule has 5 rings (SSSR count). The van der Waals surface area contributed by atoms with Gasteiger partial charge in [-0.15, -0.1) is 0 Å². The number of benzene rings is 3. The van der Waals surface area contributed by atoms with Gasteiger partial charge in [-0.25, -0.2) is 4.39 Å². The van der Waals surface area contributed by atoms with Crippen LogP contribution in [0.5, 0.6) is 11.5 Å². The van der Waals surface area contributed by atoms with E-state index in [1.807, 2.05) is 49.4 Å². The lowest BCUT2D eigenvalue weighted by Crippen LogP contribution is -2.28. The molecule has 5 nitrogen and oxygen atoms in total. The van der Waals surface area contributed by atoms with Crippen LogP contribution in [0.3, 0.4) is 0 Å². The highest BCUT2D eigenvalue weighted by atomic mass is 19.1. The lowest BCUT2D eigenvalue weighted by molar-refractivity contribution is -0.118. The fraction of sp³-hybridized carbons (Fsp3) is 0.240. The molecule has 3 aromatic carbocycles. The van der Waals surface area contributed by atoms with Crippen molar-refractivity contribution in [1.82, 2.24) is 0 Å². The molecule has 160 valence electrons. The molecule has 0 saturated heterocycles. The molecule has 1 fully saturated rings. The summed E-state index contributed by atoms with van der Waals surface area (Å²) in [6.45, 7) is 2.46. The van der Waals surface area contributed by atoms with Gasteiger partial charge in [0.2, 0.25) is 12.7 Å². The van der Waals surface area contributed by atoms with Crippen molar-refractivity contribution >= 4 is 11.6 Å². The topological polar surface area (TPSA) is 73.6 Å². The Hall–Kier alpha value is -3.38. The van der Waals surface area contributed by atoms with Crippen LogP contribution in [0.1, 0.15) is 31.0 Å². The van der Waals surface area contributed by atoms with Crippen molar-refractivity contribution in [2.45, 2.75) is 31.7 Å². The number of nitrogens with two attached hydrogens (primary N) is 1. The molecule has 3 N–H and O–H groups in total. The predicted molar refractivity (Wildman–Crippen MR) is 119 cm³/mol. The summed E-state index contributed by atoms with van der Waals surface area (Å²) in [5, 5.41) is 2.83. The van der Waals surface area contributed by atoms with Crippen molar-refractivity contribution in [3.63, 3.8) is 0 Å². The van der Waals surface area contributed by atoms with E-state index in [2.05, 4.69) is 5.32 Å². The van der Waals surface area contributed by atoms with E-state index in [-0.39, 0.29) is 19.8 Å².